The number of hydrogen-bond donors (Lipinski definition) is 1. The molecule has 0 bridgehead atoms. The Hall–Kier alpha value is -1.45. The van der Waals surface area contributed by atoms with Gasteiger partial charge in [-0.1, -0.05) is 53.0 Å². The fourth-order valence-corrected chi connectivity index (χ4v) is 3.01. The van der Waals surface area contributed by atoms with E-state index in [1.165, 1.54) is 0 Å². The first-order chi connectivity index (χ1) is 11.1. The minimum Gasteiger partial charge on any atom is -0.460 e. The van der Waals surface area contributed by atoms with Crippen LogP contribution in [0.5, 0.6) is 0 Å². The van der Waals surface area contributed by atoms with Gasteiger partial charge in [-0.2, -0.15) is 0 Å². The van der Waals surface area contributed by atoms with Crippen molar-refractivity contribution in [2.75, 3.05) is 0 Å². The molecule has 1 N–H and O–H groups in total. The smallest absolute Gasteiger partial charge is 0.134 e. The molecule has 23 heavy (non-hydrogen) atoms. The van der Waals surface area contributed by atoms with Crippen LogP contribution in [-0.2, 0) is 13.1 Å². The molecule has 0 spiro atoms. The summed E-state index contributed by atoms with van der Waals surface area (Å²) in [6.07, 6.45) is 0. The quantitative estimate of drug-likeness (QED) is 0.582. The molecule has 5 heteroatoms. The molecule has 0 unspecified atom stereocenters. The second-order valence-electron chi connectivity index (χ2n) is 5.12. The predicted molar refractivity (Wildman–Crippen MR) is 96.2 cm³/mol. The lowest BCUT2D eigenvalue weighted by atomic mass is 10.2. The van der Waals surface area contributed by atoms with Gasteiger partial charge in [0, 0.05) is 27.2 Å². The number of benzene rings is 2. The number of halogens is 3. The SMILES string of the molecule is Clc1cc(Cl)cc(-c2ccc(CNCc3ccccc3Cl)o2)c1. The van der Waals surface area contributed by atoms with Crippen LogP contribution in [0.15, 0.2) is 59.0 Å². The highest BCUT2D eigenvalue weighted by Gasteiger charge is 2.07. The molecule has 0 aliphatic carbocycles. The van der Waals surface area contributed by atoms with Crippen LogP contribution in [0.3, 0.4) is 0 Å². The van der Waals surface area contributed by atoms with Crippen LogP contribution in [0, 0.1) is 0 Å². The summed E-state index contributed by atoms with van der Waals surface area (Å²) in [6.45, 7) is 1.29. The summed E-state index contributed by atoms with van der Waals surface area (Å²) in [5, 5.41) is 5.25. The first kappa shape index (κ1) is 16.4. The van der Waals surface area contributed by atoms with Gasteiger partial charge in [-0.05, 0) is 42.0 Å². The van der Waals surface area contributed by atoms with E-state index in [0.717, 1.165) is 27.7 Å². The number of hydrogen-bond acceptors (Lipinski definition) is 2. The maximum atomic E-state index is 6.13. The molecule has 0 amide bonds. The van der Waals surface area contributed by atoms with Crippen molar-refractivity contribution in [2.24, 2.45) is 0 Å². The molecule has 0 fully saturated rings. The third kappa shape index (κ3) is 4.30. The number of rotatable bonds is 5. The summed E-state index contributed by atoms with van der Waals surface area (Å²) in [5.74, 6) is 1.58. The summed E-state index contributed by atoms with van der Waals surface area (Å²) < 4.78 is 5.84. The summed E-state index contributed by atoms with van der Waals surface area (Å²) >= 11 is 18.2. The Labute approximate surface area is 150 Å². The standard InChI is InChI=1S/C18H14Cl3NO/c19-14-7-13(8-15(20)9-14)18-6-5-16(23-18)11-22-10-12-3-1-2-4-17(12)21/h1-9,22H,10-11H2. The van der Waals surface area contributed by atoms with Gasteiger partial charge in [0.25, 0.3) is 0 Å². The fourth-order valence-electron chi connectivity index (χ4n) is 2.29. The van der Waals surface area contributed by atoms with Crippen molar-refractivity contribution in [1.82, 2.24) is 5.32 Å². The van der Waals surface area contributed by atoms with E-state index in [1.54, 1.807) is 6.07 Å². The van der Waals surface area contributed by atoms with Gasteiger partial charge in [0.05, 0.1) is 6.54 Å². The van der Waals surface area contributed by atoms with Gasteiger partial charge in [-0.15, -0.1) is 0 Å². The molecule has 2 aromatic carbocycles. The van der Waals surface area contributed by atoms with Crippen LogP contribution in [0.2, 0.25) is 15.1 Å². The van der Waals surface area contributed by atoms with Crippen LogP contribution < -0.4 is 5.32 Å². The lowest BCUT2D eigenvalue weighted by molar-refractivity contribution is 0.493. The maximum absolute atomic E-state index is 6.13. The van der Waals surface area contributed by atoms with E-state index in [-0.39, 0.29) is 0 Å². The zero-order valence-corrected chi connectivity index (χ0v) is 14.4. The number of nitrogens with one attached hydrogen (secondary N) is 1. The average Bonchev–Trinajstić information content (AvgIpc) is 2.97. The van der Waals surface area contributed by atoms with Crippen LogP contribution in [0.4, 0.5) is 0 Å². The zero-order chi connectivity index (χ0) is 16.2. The molecule has 0 radical (unpaired) electrons. The Kier molecular flexibility index (Phi) is 5.29. The Morgan fingerprint density at radius 3 is 2.30 bits per heavy atom. The van der Waals surface area contributed by atoms with Gasteiger partial charge < -0.3 is 9.73 Å². The van der Waals surface area contributed by atoms with Crippen LogP contribution in [0.25, 0.3) is 11.3 Å². The third-order valence-electron chi connectivity index (χ3n) is 3.38. The minimum atomic E-state index is 0.585. The minimum absolute atomic E-state index is 0.585. The van der Waals surface area contributed by atoms with Crippen LogP contribution >= 0.6 is 34.8 Å². The van der Waals surface area contributed by atoms with E-state index in [2.05, 4.69) is 5.32 Å². The van der Waals surface area contributed by atoms with Gasteiger partial charge in [0.1, 0.15) is 11.5 Å². The summed E-state index contributed by atoms with van der Waals surface area (Å²) in [4.78, 5) is 0. The van der Waals surface area contributed by atoms with E-state index in [0.29, 0.717) is 23.1 Å². The van der Waals surface area contributed by atoms with Gasteiger partial charge in [-0.3, -0.25) is 0 Å². The summed E-state index contributed by atoms with van der Waals surface area (Å²) in [7, 11) is 0. The van der Waals surface area contributed by atoms with Crippen molar-refractivity contribution in [3.8, 4) is 11.3 Å². The Morgan fingerprint density at radius 1 is 0.826 bits per heavy atom. The second kappa shape index (κ2) is 7.41. The summed E-state index contributed by atoms with van der Waals surface area (Å²) in [5.41, 5.74) is 1.92. The lowest BCUT2D eigenvalue weighted by Gasteiger charge is -2.05. The maximum Gasteiger partial charge on any atom is 0.134 e. The van der Waals surface area contributed by atoms with Gasteiger partial charge >= 0.3 is 0 Å². The van der Waals surface area contributed by atoms with E-state index >= 15 is 0 Å². The molecule has 3 aromatic rings. The van der Waals surface area contributed by atoms with Crippen molar-refractivity contribution in [1.29, 1.82) is 0 Å². The van der Waals surface area contributed by atoms with E-state index in [4.69, 9.17) is 39.2 Å². The monoisotopic (exact) mass is 365 g/mol. The van der Waals surface area contributed by atoms with E-state index < -0.39 is 0 Å². The van der Waals surface area contributed by atoms with Crippen LogP contribution in [-0.4, -0.2) is 0 Å². The molecule has 1 heterocycles. The molecule has 0 saturated heterocycles. The van der Waals surface area contributed by atoms with Crippen molar-refractivity contribution in [3.05, 3.63) is 81.0 Å². The zero-order valence-electron chi connectivity index (χ0n) is 12.2. The first-order valence-electron chi connectivity index (χ1n) is 7.11. The Morgan fingerprint density at radius 2 is 1.57 bits per heavy atom. The van der Waals surface area contributed by atoms with Crippen molar-refractivity contribution < 1.29 is 4.42 Å². The molecule has 2 nitrogen and oxygen atoms in total. The molecular formula is C18H14Cl3NO. The molecular weight excluding hydrogens is 353 g/mol. The molecule has 0 atom stereocenters. The topological polar surface area (TPSA) is 25.2 Å². The van der Waals surface area contributed by atoms with Gasteiger partial charge in [-0.25, -0.2) is 0 Å². The van der Waals surface area contributed by atoms with Gasteiger partial charge in [0.15, 0.2) is 0 Å². The van der Waals surface area contributed by atoms with Crippen LogP contribution in [0.1, 0.15) is 11.3 Å². The molecule has 3 rings (SSSR count). The molecule has 1 aromatic heterocycles. The average molecular weight is 367 g/mol. The van der Waals surface area contributed by atoms with Crippen molar-refractivity contribution in [3.63, 3.8) is 0 Å². The highest BCUT2D eigenvalue weighted by atomic mass is 35.5. The molecule has 0 saturated carbocycles. The van der Waals surface area contributed by atoms with Gasteiger partial charge in [0.2, 0.25) is 0 Å². The molecule has 118 valence electrons. The highest BCUT2D eigenvalue weighted by Crippen LogP contribution is 2.28. The highest BCUT2D eigenvalue weighted by molar-refractivity contribution is 6.35. The lowest BCUT2D eigenvalue weighted by Crippen LogP contribution is -2.12. The fraction of sp³-hybridized carbons (Fsp3) is 0.111. The number of furan rings is 1. The van der Waals surface area contributed by atoms with Crippen molar-refractivity contribution >= 4 is 34.8 Å². The summed E-state index contributed by atoms with van der Waals surface area (Å²) in [6, 6.07) is 17.0. The first-order valence-corrected chi connectivity index (χ1v) is 8.24. The third-order valence-corrected chi connectivity index (χ3v) is 4.19. The Balaban J connectivity index is 1.64. The van der Waals surface area contributed by atoms with Crippen molar-refractivity contribution in [2.45, 2.75) is 13.1 Å². The molecule has 0 aliphatic heterocycles. The van der Waals surface area contributed by atoms with E-state index in [1.807, 2.05) is 48.5 Å². The second-order valence-corrected chi connectivity index (χ2v) is 6.40. The Bertz CT molecular complexity index is 793. The normalized spacial score (nSPS) is 10.9. The largest absolute Gasteiger partial charge is 0.460 e. The van der Waals surface area contributed by atoms with E-state index in [9.17, 15) is 0 Å². The molecule has 0 aliphatic rings. The predicted octanol–water partition coefficient (Wildman–Crippen LogP) is 6.20.